The molecule has 0 N–H and O–H groups in total. The van der Waals surface area contributed by atoms with Crippen LogP contribution < -0.4 is 0 Å². The number of hydrogen-bond donors (Lipinski definition) is 0. The first kappa shape index (κ1) is 19.6. The molecule has 0 bridgehead atoms. The van der Waals surface area contributed by atoms with Crippen LogP contribution in [0.4, 0.5) is 0 Å². The van der Waals surface area contributed by atoms with Gasteiger partial charge in [0.25, 0.3) is 0 Å². The van der Waals surface area contributed by atoms with Crippen LogP contribution in [0.2, 0.25) is 0 Å². The SMILES string of the molecule is O=C1/C(=C\c2ccccc2)CN(C(=O)CCn2cccc2)C/C1=C\c1ccccc1. The quantitative estimate of drug-likeness (QED) is 0.598. The normalized spacial score (nSPS) is 16.9. The number of carbonyl (C=O) groups excluding carboxylic acids is 2. The highest BCUT2D eigenvalue weighted by Gasteiger charge is 2.28. The third kappa shape index (κ3) is 4.84. The van der Waals surface area contributed by atoms with Crippen molar-refractivity contribution in [1.82, 2.24) is 9.47 Å². The molecule has 4 nitrogen and oxygen atoms in total. The van der Waals surface area contributed by atoms with E-state index in [1.807, 2.05) is 102 Å². The van der Waals surface area contributed by atoms with Gasteiger partial charge in [-0.05, 0) is 35.4 Å². The monoisotopic (exact) mass is 396 g/mol. The average molecular weight is 396 g/mol. The maximum atomic E-state index is 13.2. The molecule has 0 atom stereocenters. The highest BCUT2D eigenvalue weighted by Crippen LogP contribution is 2.23. The number of aryl methyl sites for hydroxylation is 1. The number of likely N-dealkylation sites (tertiary alicyclic amines) is 1. The Morgan fingerprint density at radius 1 is 0.767 bits per heavy atom. The van der Waals surface area contributed by atoms with Crippen molar-refractivity contribution in [1.29, 1.82) is 0 Å². The van der Waals surface area contributed by atoms with Crippen molar-refractivity contribution >= 4 is 23.8 Å². The zero-order valence-electron chi connectivity index (χ0n) is 16.8. The Balaban J connectivity index is 1.60. The van der Waals surface area contributed by atoms with Gasteiger partial charge < -0.3 is 9.47 Å². The van der Waals surface area contributed by atoms with Crippen LogP contribution >= 0.6 is 0 Å². The smallest absolute Gasteiger partial charge is 0.224 e. The predicted octanol–water partition coefficient (Wildman–Crippen LogP) is 4.46. The molecule has 0 saturated carbocycles. The molecule has 1 aromatic heterocycles. The van der Waals surface area contributed by atoms with Crippen molar-refractivity contribution in [2.45, 2.75) is 13.0 Å². The van der Waals surface area contributed by atoms with E-state index in [9.17, 15) is 9.59 Å². The fourth-order valence-electron chi connectivity index (χ4n) is 3.62. The third-order valence-corrected chi connectivity index (χ3v) is 5.19. The lowest BCUT2D eigenvalue weighted by Gasteiger charge is -2.30. The fraction of sp³-hybridized carbons (Fsp3) is 0.154. The lowest BCUT2D eigenvalue weighted by Crippen LogP contribution is -2.41. The second-order valence-corrected chi connectivity index (χ2v) is 7.41. The highest BCUT2D eigenvalue weighted by molar-refractivity contribution is 6.15. The van der Waals surface area contributed by atoms with Crippen LogP contribution in [0, 0.1) is 0 Å². The van der Waals surface area contributed by atoms with Gasteiger partial charge in [0.15, 0.2) is 5.78 Å². The summed E-state index contributed by atoms with van der Waals surface area (Å²) in [5.41, 5.74) is 3.20. The summed E-state index contributed by atoms with van der Waals surface area (Å²) in [6.45, 7) is 1.31. The van der Waals surface area contributed by atoms with E-state index < -0.39 is 0 Å². The topological polar surface area (TPSA) is 42.3 Å². The first-order valence-corrected chi connectivity index (χ1v) is 10.1. The molecule has 2 aromatic carbocycles. The second kappa shape index (κ2) is 9.23. The van der Waals surface area contributed by atoms with Gasteiger partial charge in [-0.2, -0.15) is 0 Å². The number of piperidine rings is 1. The molecule has 2 heterocycles. The lowest BCUT2D eigenvalue weighted by molar-refractivity contribution is -0.131. The largest absolute Gasteiger partial charge is 0.354 e. The summed E-state index contributed by atoms with van der Waals surface area (Å²) in [5, 5.41) is 0. The number of rotatable bonds is 5. The molecule has 0 spiro atoms. The number of carbonyl (C=O) groups is 2. The minimum atomic E-state index is 0.0113. The molecule has 1 saturated heterocycles. The molecule has 4 rings (SSSR count). The van der Waals surface area contributed by atoms with Crippen molar-refractivity contribution in [3.63, 3.8) is 0 Å². The Hall–Kier alpha value is -3.66. The van der Waals surface area contributed by atoms with Crippen LogP contribution in [-0.2, 0) is 16.1 Å². The van der Waals surface area contributed by atoms with Crippen molar-refractivity contribution < 1.29 is 9.59 Å². The van der Waals surface area contributed by atoms with Crippen molar-refractivity contribution in [2.75, 3.05) is 13.1 Å². The number of amides is 1. The molecule has 150 valence electrons. The van der Waals surface area contributed by atoms with E-state index in [0.717, 1.165) is 11.1 Å². The van der Waals surface area contributed by atoms with Crippen LogP contribution in [0.3, 0.4) is 0 Å². The Morgan fingerprint density at radius 3 is 1.77 bits per heavy atom. The van der Waals surface area contributed by atoms with Gasteiger partial charge in [0.1, 0.15) is 0 Å². The number of nitrogens with zero attached hydrogens (tertiary/aromatic N) is 2. The van der Waals surface area contributed by atoms with Crippen molar-refractivity contribution in [3.05, 3.63) is 107 Å². The summed E-state index contributed by atoms with van der Waals surface area (Å²) in [4.78, 5) is 27.9. The molecule has 0 aliphatic carbocycles. The van der Waals surface area contributed by atoms with Gasteiger partial charge >= 0.3 is 0 Å². The number of hydrogen-bond acceptors (Lipinski definition) is 2. The third-order valence-electron chi connectivity index (χ3n) is 5.19. The second-order valence-electron chi connectivity index (χ2n) is 7.41. The lowest BCUT2D eigenvalue weighted by atomic mass is 9.94. The van der Waals surface area contributed by atoms with E-state index >= 15 is 0 Å². The summed E-state index contributed by atoms with van der Waals surface area (Å²) >= 11 is 0. The van der Waals surface area contributed by atoms with Gasteiger partial charge in [-0.25, -0.2) is 0 Å². The molecule has 1 fully saturated rings. The van der Waals surface area contributed by atoms with Crippen LogP contribution in [0.25, 0.3) is 12.2 Å². The van der Waals surface area contributed by atoms with Gasteiger partial charge in [0, 0.05) is 49.6 Å². The van der Waals surface area contributed by atoms with Gasteiger partial charge in [0.2, 0.25) is 5.91 Å². The highest BCUT2D eigenvalue weighted by atomic mass is 16.2. The molecule has 1 amide bonds. The van der Waals surface area contributed by atoms with Crippen LogP contribution in [0.15, 0.2) is 96.3 Å². The van der Waals surface area contributed by atoms with Crippen LogP contribution in [0.5, 0.6) is 0 Å². The summed E-state index contributed by atoms with van der Waals surface area (Å²) < 4.78 is 1.99. The molecule has 0 radical (unpaired) electrons. The van der Waals surface area contributed by atoms with Gasteiger partial charge in [-0.3, -0.25) is 9.59 Å². The predicted molar refractivity (Wildman–Crippen MR) is 119 cm³/mol. The molecule has 0 unspecified atom stereocenters. The summed E-state index contributed by atoms with van der Waals surface area (Å²) in [6, 6.07) is 23.4. The Labute approximate surface area is 176 Å². The zero-order valence-corrected chi connectivity index (χ0v) is 16.8. The number of aromatic nitrogens is 1. The summed E-state index contributed by atoms with van der Waals surface area (Å²) in [7, 11) is 0. The molecular formula is C26H24N2O2. The zero-order chi connectivity index (χ0) is 20.8. The Morgan fingerprint density at radius 2 is 1.27 bits per heavy atom. The molecular weight excluding hydrogens is 372 g/mol. The number of ketones is 1. The first-order chi connectivity index (χ1) is 14.7. The molecule has 3 aromatic rings. The number of Topliss-reactive ketones (excluding diaryl/α,β-unsaturated/α-hetero) is 1. The van der Waals surface area contributed by atoms with E-state index in [1.165, 1.54) is 0 Å². The van der Waals surface area contributed by atoms with Gasteiger partial charge in [-0.15, -0.1) is 0 Å². The van der Waals surface area contributed by atoms with Crippen molar-refractivity contribution in [3.8, 4) is 0 Å². The molecule has 30 heavy (non-hydrogen) atoms. The van der Waals surface area contributed by atoms with E-state index in [4.69, 9.17) is 0 Å². The fourth-order valence-corrected chi connectivity index (χ4v) is 3.62. The van der Waals surface area contributed by atoms with E-state index in [2.05, 4.69) is 0 Å². The maximum absolute atomic E-state index is 13.2. The van der Waals surface area contributed by atoms with E-state index in [0.29, 0.717) is 37.2 Å². The van der Waals surface area contributed by atoms with E-state index in [-0.39, 0.29) is 11.7 Å². The van der Waals surface area contributed by atoms with Crippen molar-refractivity contribution in [2.24, 2.45) is 0 Å². The van der Waals surface area contributed by atoms with Gasteiger partial charge in [-0.1, -0.05) is 60.7 Å². The average Bonchev–Trinajstić information content (AvgIpc) is 3.30. The standard InChI is InChI=1S/C26H24N2O2/c29-25(13-16-27-14-7-8-15-27)28-19-23(17-21-9-3-1-4-10-21)26(30)24(20-28)18-22-11-5-2-6-12-22/h1-12,14-15,17-18H,13,16,19-20H2/b23-17-,24-18+. The Bertz CT molecular complexity index is 1000. The molecule has 1 aliphatic rings. The first-order valence-electron chi connectivity index (χ1n) is 10.1. The van der Waals surface area contributed by atoms with Crippen LogP contribution in [-0.4, -0.2) is 34.2 Å². The maximum Gasteiger partial charge on any atom is 0.224 e. The Kier molecular flexibility index (Phi) is 6.04. The minimum absolute atomic E-state index is 0.0113. The summed E-state index contributed by atoms with van der Waals surface area (Å²) in [6.07, 6.45) is 8.10. The molecule has 4 heteroatoms. The summed E-state index contributed by atoms with van der Waals surface area (Å²) in [5.74, 6) is 0.0614. The van der Waals surface area contributed by atoms with E-state index in [1.54, 1.807) is 4.90 Å². The number of benzene rings is 2. The van der Waals surface area contributed by atoms with Gasteiger partial charge in [0.05, 0.1) is 0 Å². The van der Waals surface area contributed by atoms with Crippen LogP contribution in [0.1, 0.15) is 17.5 Å². The molecule has 1 aliphatic heterocycles. The minimum Gasteiger partial charge on any atom is -0.354 e.